The highest BCUT2D eigenvalue weighted by molar-refractivity contribution is 7.22. The average molecular weight is 302 g/mol. The van der Waals surface area contributed by atoms with E-state index < -0.39 is 5.91 Å². The maximum atomic E-state index is 11.5. The van der Waals surface area contributed by atoms with Gasteiger partial charge in [0, 0.05) is 18.5 Å². The Hall–Kier alpha value is -1.66. The molecule has 2 N–H and O–H groups in total. The molecule has 5 nitrogen and oxygen atoms in total. The number of aromatic nitrogens is 1. The fourth-order valence-electron chi connectivity index (χ4n) is 3.06. The van der Waals surface area contributed by atoms with Gasteiger partial charge in [0.2, 0.25) is 0 Å². The molecule has 0 aliphatic carbocycles. The first kappa shape index (κ1) is 13.0. The number of piperidine rings is 1. The smallest absolute Gasteiger partial charge is 0.251 e. The molecule has 6 heteroatoms. The molecule has 2 aromatic rings. The van der Waals surface area contributed by atoms with Crippen molar-refractivity contribution in [1.29, 1.82) is 0 Å². The summed E-state index contributed by atoms with van der Waals surface area (Å²) in [6, 6.07) is 6.57. The number of amides is 1. The molecular formula is C15H16N3O2S. The van der Waals surface area contributed by atoms with E-state index in [0.29, 0.717) is 16.5 Å². The first-order valence-corrected chi connectivity index (χ1v) is 7.92. The maximum Gasteiger partial charge on any atom is 0.251 e. The van der Waals surface area contributed by atoms with Crippen LogP contribution in [-0.2, 0) is 4.74 Å². The molecule has 1 aromatic heterocycles. The van der Waals surface area contributed by atoms with E-state index in [2.05, 4.69) is 16.0 Å². The molecule has 1 radical (unpaired) electrons. The van der Waals surface area contributed by atoms with Crippen molar-refractivity contribution < 1.29 is 9.53 Å². The van der Waals surface area contributed by atoms with Gasteiger partial charge in [-0.15, -0.1) is 0 Å². The number of benzene rings is 1. The number of nitrogens with two attached hydrogens (primary N) is 1. The summed E-state index contributed by atoms with van der Waals surface area (Å²) in [5.74, 6) is -0.471. The zero-order valence-electron chi connectivity index (χ0n) is 11.6. The van der Waals surface area contributed by atoms with Crippen LogP contribution in [0.25, 0.3) is 10.2 Å². The summed E-state index contributed by atoms with van der Waals surface area (Å²) in [4.78, 5) is 18.4. The fourth-order valence-corrected chi connectivity index (χ4v) is 4.08. The van der Waals surface area contributed by atoms with Crippen LogP contribution >= 0.6 is 11.3 Å². The number of rotatable bonds is 2. The van der Waals surface area contributed by atoms with Crippen molar-refractivity contribution in [2.24, 2.45) is 11.1 Å². The third kappa shape index (κ3) is 2.10. The van der Waals surface area contributed by atoms with E-state index in [-0.39, 0.29) is 0 Å². The van der Waals surface area contributed by atoms with E-state index in [1.807, 2.05) is 6.07 Å². The summed E-state index contributed by atoms with van der Waals surface area (Å²) in [6.45, 7) is 3.81. The van der Waals surface area contributed by atoms with Crippen LogP contribution < -0.4 is 10.6 Å². The number of carbonyl (C=O) groups excluding carboxylic acids is 1. The van der Waals surface area contributed by atoms with Gasteiger partial charge < -0.3 is 15.4 Å². The Morgan fingerprint density at radius 3 is 2.81 bits per heavy atom. The van der Waals surface area contributed by atoms with Crippen LogP contribution in [0.4, 0.5) is 5.13 Å². The first-order valence-electron chi connectivity index (χ1n) is 7.11. The Kier molecular flexibility index (Phi) is 2.90. The molecule has 3 heterocycles. The quantitative estimate of drug-likeness (QED) is 0.918. The minimum atomic E-state index is -0.471. The van der Waals surface area contributed by atoms with E-state index in [9.17, 15) is 4.79 Å². The van der Waals surface area contributed by atoms with Crippen molar-refractivity contribution in [2.45, 2.75) is 12.8 Å². The van der Waals surface area contributed by atoms with E-state index in [1.54, 1.807) is 17.4 Å². The summed E-state index contributed by atoms with van der Waals surface area (Å²) >= 11 is 1.62. The van der Waals surface area contributed by atoms with E-state index in [0.717, 1.165) is 49.0 Å². The van der Waals surface area contributed by atoms with Gasteiger partial charge in [0.25, 0.3) is 5.91 Å². The van der Waals surface area contributed by atoms with Gasteiger partial charge in [0.05, 0.1) is 29.0 Å². The van der Waals surface area contributed by atoms with Crippen LogP contribution in [0, 0.1) is 11.5 Å². The highest BCUT2D eigenvalue weighted by atomic mass is 32.1. The lowest BCUT2D eigenvalue weighted by atomic mass is 9.77. The predicted molar refractivity (Wildman–Crippen MR) is 81.7 cm³/mol. The lowest BCUT2D eigenvalue weighted by Gasteiger charge is -2.47. The van der Waals surface area contributed by atoms with Crippen LogP contribution in [0.2, 0.25) is 0 Å². The highest BCUT2D eigenvalue weighted by Gasteiger charge is 2.41. The summed E-state index contributed by atoms with van der Waals surface area (Å²) in [7, 11) is 0. The Labute approximate surface area is 126 Å². The number of carbonyl (C=O) groups is 1. The molecule has 1 spiro atoms. The number of hydrogen-bond acceptors (Lipinski definition) is 5. The minimum absolute atomic E-state index is 0.385. The monoisotopic (exact) mass is 302 g/mol. The van der Waals surface area contributed by atoms with Crippen molar-refractivity contribution >= 4 is 32.6 Å². The number of nitrogens with zero attached hydrogens (tertiary/aromatic N) is 2. The van der Waals surface area contributed by atoms with Gasteiger partial charge >= 0.3 is 0 Å². The van der Waals surface area contributed by atoms with Crippen molar-refractivity contribution in [3.63, 3.8) is 0 Å². The molecule has 0 bridgehead atoms. The molecule has 1 aromatic carbocycles. The van der Waals surface area contributed by atoms with Crippen molar-refractivity contribution in [2.75, 3.05) is 31.2 Å². The normalized spacial score (nSPS) is 20.7. The molecular weight excluding hydrogens is 286 g/mol. The highest BCUT2D eigenvalue weighted by Crippen LogP contribution is 2.40. The molecule has 4 rings (SSSR count). The second kappa shape index (κ2) is 4.68. The Balaban J connectivity index is 1.62. The summed E-state index contributed by atoms with van der Waals surface area (Å²) in [5.41, 5.74) is 6.87. The van der Waals surface area contributed by atoms with Crippen LogP contribution in [0.5, 0.6) is 0 Å². The van der Waals surface area contributed by atoms with Crippen LogP contribution in [0.3, 0.4) is 0 Å². The molecule has 109 valence electrons. The van der Waals surface area contributed by atoms with Gasteiger partial charge in [0.1, 0.15) is 0 Å². The maximum absolute atomic E-state index is 11.5. The second-order valence-corrected chi connectivity index (χ2v) is 6.92. The SMILES string of the molecule is NC(=O)c1[c]ccc2sc(N3CCC4(CC3)COC4)nc12. The topological polar surface area (TPSA) is 68.5 Å². The molecule has 1 amide bonds. The molecule has 0 saturated carbocycles. The minimum Gasteiger partial charge on any atom is -0.380 e. The predicted octanol–water partition coefficient (Wildman–Crippen LogP) is 1.81. The number of anilines is 1. The molecule has 2 saturated heterocycles. The van der Waals surface area contributed by atoms with Gasteiger partial charge in [-0.2, -0.15) is 0 Å². The zero-order chi connectivity index (χ0) is 14.4. The lowest BCUT2D eigenvalue weighted by Crippen LogP contribution is -2.50. The van der Waals surface area contributed by atoms with Crippen LogP contribution in [0.1, 0.15) is 23.2 Å². The molecule has 2 aliphatic heterocycles. The van der Waals surface area contributed by atoms with Crippen LogP contribution in [-0.4, -0.2) is 37.2 Å². The standard InChI is InChI=1S/C15H16N3O2S/c16-13(19)10-2-1-3-11-12(10)17-14(21-11)18-6-4-15(5-7-18)8-20-9-15/h1,3H,4-9H2,(H2,16,19). The Morgan fingerprint density at radius 2 is 2.19 bits per heavy atom. The molecule has 0 atom stereocenters. The largest absolute Gasteiger partial charge is 0.380 e. The third-order valence-corrected chi connectivity index (χ3v) is 5.58. The second-order valence-electron chi connectivity index (χ2n) is 5.91. The first-order chi connectivity index (χ1) is 10.2. The van der Waals surface area contributed by atoms with E-state index in [4.69, 9.17) is 10.5 Å². The average Bonchev–Trinajstić information content (AvgIpc) is 2.89. The van der Waals surface area contributed by atoms with Gasteiger partial charge in [-0.1, -0.05) is 17.4 Å². The van der Waals surface area contributed by atoms with Crippen LogP contribution in [0.15, 0.2) is 12.1 Å². The number of fused-ring (bicyclic) bond motifs is 1. The van der Waals surface area contributed by atoms with Crippen molar-refractivity contribution in [3.05, 3.63) is 23.8 Å². The molecule has 2 fully saturated rings. The van der Waals surface area contributed by atoms with Gasteiger partial charge in [-0.05, 0) is 25.0 Å². The molecule has 2 aliphatic rings. The fraction of sp³-hybridized carbons (Fsp3) is 0.467. The number of ether oxygens (including phenoxy) is 1. The van der Waals surface area contributed by atoms with Gasteiger partial charge in [0.15, 0.2) is 5.13 Å². The Morgan fingerprint density at radius 1 is 1.43 bits per heavy atom. The summed E-state index contributed by atoms with van der Waals surface area (Å²) in [5, 5.41) is 0.974. The Bertz CT molecular complexity index is 698. The molecule has 0 unspecified atom stereocenters. The lowest BCUT2D eigenvalue weighted by molar-refractivity contribution is -0.124. The van der Waals surface area contributed by atoms with Gasteiger partial charge in [-0.25, -0.2) is 4.98 Å². The van der Waals surface area contributed by atoms with Crippen molar-refractivity contribution in [1.82, 2.24) is 4.98 Å². The number of hydrogen-bond donors (Lipinski definition) is 1. The number of primary amides is 1. The molecule has 21 heavy (non-hydrogen) atoms. The summed E-state index contributed by atoms with van der Waals surface area (Å²) < 4.78 is 6.35. The van der Waals surface area contributed by atoms with E-state index >= 15 is 0 Å². The third-order valence-electron chi connectivity index (χ3n) is 4.50. The zero-order valence-corrected chi connectivity index (χ0v) is 12.4. The van der Waals surface area contributed by atoms with Gasteiger partial charge in [-0.3, -0.25) is 4.79 Å². The van der Waals surface area contributed by atoms with Crippen molar-refractivity contribution in [3.8, 4) is 0 Å². The number of thiazole rings is 1. The van der Waals surface area contributed by atoms with E-state index in [1.165, 1.54) is 0 Å². The summed E-state index contributed by atoms with van der Waals surface area (Å²) in [6.07, 6.45) is 2.30.